The predicted octanol–water partition coefficient (Wildman–Crippen LogP) is 5.80. The third kappa shape index (κ3) is 4.66. The number of hydrogen-bond acceptors (Lipinski definition) is 8. The van der Waals surface area contributed by atoms with Crippen LogP contribution in [-0.2, 0) is 19.6 Å². The number of methoxy groups -OCH3 is 1. The average molecular weight is 496 g/mol. The minimum atomic E-state index is 0.383. The molecular weight excluding hydrogens is 470 g/mol. The molecule has 1 aliphatic heterocycles. The highest BCUT2D eigenvalue weighted by Gasteiger charge is 2.21. The monoisotopic (exact) mass is 495 g/mol. The number of rotatable bonds is 7. The molecule has 0 saturated heterocycles. The number of anilines is 2. The maximum atomic E-state index is 6.28. The molecule has 5 rings (SSSR count). The van der Waals surface area contributed by atoms with Crippen molar-refractivity contribution in [1.29, 1.82) is 0 Å². The molecule has 9 heteroatoms. The van der Waals surface area contributed by atoms with E-state index in [0.29, 0.717) is 35.0 Å². The molecule has 0 amide bonds. The van der Waals surface area contributed by atoms with E-state index in [9.17, 15) is 0 Å². The van der Waals surface area contributed by atoms with Crippen LogP contribution < -0.4 is 20.1 Å². The van der Waals surface area contributed by atoms with Crippen molar-refractivity contribution in [2.24, 2.45) is 0 Å². The standard InChI is InChI=1S/C25H26ClN5O2S/c1-4-15-8-20-23(11-27-15)34-24(31-20)12-33-22-10-19-17(9-21(22)32-3)25(29-13-28-19)30-16-6-5-14(2)18(26)7-16/h5-7,9-10,13,15,27H,4,8,11-12H2,1-3H3,(H,28,29,30). The van der Waals surface area contributed by atoms with Gasteiger partial charge in [0.15, 0.2) is 11.5 Å². The number of aromatic nitrogens is 3. The van der Waals surface area contributed by atoms with Gasteiger partial charge in [0.1, 0.15) is 23.8 Å². The molecule has 0 fully saturated rings. The van der Waals surface area contributed by atoms with Gasteiger partial charge in [-0.3, -0.25) is 0 Å². The second-order valence-corrected chi connectivity index (χ2v) is 9.86. The van der Waals surface area contributed by atoms with E-state index in [4.69, 9.17) is 26.1 Å². The van der Waals surface area contributed by atoms with Crippen molar-refractivity contribution in [3.63, 3.8) is 0 Å². The third-order valence-electron chi connectivity index (χ3n) is 6.01. The molecule has 0 bridgehead atoms. The van der Waals surface area contributed by atoms with Crippen molar-refractivity contribution in [2.75, 3.05) is 12.4 Å². The topological polar surface area (TPSA) is 81.2 Å². The first kappa shape index (κ1) is 22.8. The molecular formula is C25H26ClN5O2S. The van der Waals surface area contributed by atoms with Gasteiger partial charge in [-0.05, 0) is 37.1 Å². The summed E-state index contributed by atoms with van der Waals surface area (Å²) in [4.78, 5) is 15.0. The Morgan fingerprint density at radius 1 is 1.21 bits per heavy atom. The van der Waals surface area contributed by atoms with Crippen molar-refractivity contribution in [1.82, 2.24) is 20.3 Å². The second kappa shape index (κ2) is 9.74. The summed E-state index contributed by atoms with van der Waals surface area (Å²) in [6, 6.07) is 10.1. The summed E-state index contributed by atoms with van der Waals surface area (Å²) in [6.07, 6.45) is 3.61. The number of fused-ring (bicyclic) bond motifs is 2. The number of benzene rings is 2. The Labute approximate surface area is 207 Å². The normalized spacial score (nSPS) is 15.2. The lowest BCUT2D eigenvalue weighted by Crippen LogP contribution is -2.34. The number of nitrogens with one attached hydrogen (secondary N) is 2. The van der Waals surface area contributed by atoms with Gasteiger partial charge in [-0.2, -0.15) is 0 Å². The Bertz CT molecular complexity index is 1340. The average Bonchev–Trinajstić information content (AvgIpc) is 3.26. The van der Waals surface area contributed by atoms with Gasteiger partial charge in [0.2, 0.25) is 0 Å². The molecule has 2 N–H and O–H groups in total. The van der Waals surface area contributed by atoms with E-state index in [1.807, 2.05) is 37.3 Å². The summed E-state index contributed by atoms with van der Waals surface area (Å²) in [5, 5.41) is 9.38. The lowest BCUT2D eigenvalue weighted by atomic mass is 10.0. The molecule has 1 atom stereocenters. The van der Waals surface area contributed by atoms with Crippen molar-refractivity contribution in [2.45, 2.75) is 45.9 Å². The van der Waals surface area contributed by atoms with Crippen molar-refractivity contribution < 1.29 is 9.47 Å². The summed E-state index contributed by atoms with van der Waals surface area (Å²) in [6.45, 7) is 5.43. The van der Waals surface area contributed by atoms with Gasteiger partial charge in [0.25, 0.3) is 0 Å². The van der Waals surface area contributed by atoms with E-state index in [1.165, 1.54) is 16.9 Å². The van der Waals surface area contributed by atoms with Gasteiger partial charge >= 0.3 is 0 Å². The van der Waals surface area contributed by atoms with E-state index >= 15 is 0 Å². The number of aryl methyl sites for hydroxylation is 1. The van der Waals surface area contributed by atoms with E-state index in [0.717, 1.165) is 46.5 Å². The smallest absolute Gasteiger partial charge is 0.163 e. The van der Waals surface area contributed by atoms with Gasteiger partial charge in [-0.15, -0.1) is 11.3 Å². The molecule has 3 heterocycles. The summed E-state index contributed by atoms with van der Waals surface area (Å²) in [5.74, 6) is 1.90. The van der Waals surface area contributed by atoms with Crippen LogP contribution in [0, 0.1) is 6.92 Å². The van der Waals surface area contributed by atoms with Crippen molar-refractivity contribution in [3.8, 4) is 11.5 Å². The number of hydrogen-bond donors (Lipinski definition) is 2. The molecule has 4 aromatic rings. The molecule has 0 aliphatic carbocycles. The van der Waals surface area contributed by atoms with Gasteiger partial charge in [0.05, 0.1) is 18.3 Å². The first-order valence-corrected chi connectivity index (χ1v) is 12.4. The number of nitrogens with zero attached hydrogens (tertiary/aromatic N) is 3. The van der Waals surface area contributed by atoms with Crippen LogP contribution in [0.1, 0.15) is 34.5 Å². The summed E-state index contributed by atoms with van der Waals surface area (Å²) in [5.41, 5.74) is 3.81. The summed E-state index contributed by atoms with van der Waals surface area (Å²) in [7, 11) is 1.63. The molecule has 176 valence electrons. The summed E-state index contributed by atoms with van der Waals surface area (Å²) < 4.78 is 11.8. The lowest BCUT2D eigenvalue weighted by molar-refractivity contribution is 0.284. The molecule has 1 unspecified atom stereocenters. The predicted molar refractivity (Wildman–Crippen MR) is 137 cm³/mol. The largest absolute Gasteiger partial charge is 0.493 e. The Morgan fingerprint density at radius 3 is 2.88 bits per heavy atom. The minimum absolute atomic E-state index is 0.383. The van der Waals surface area contributed by atoms with Crippen molar-refractivity contribution >= 4 is 45.3 Å². The SMILES string of the molecule is CCC1Cc2nc(COc3cc4ncnc(Nc5ccc(C)c(Cl)c5)c4cc3OC)sc2CN1. The Morgan fingerprint density at radius 2 is 2.09 bits per heavy atom. The lowest BCUT2D eigenvalue weighted by Gasteiger charge is -2.21. The van der Waals surface area contributed by atoms with Gasteiger partial charge < -0.3 is 20.1 Å². The number of thiazole rings is 1. The van der Waals surface area contributed by atoms with E-state index in [2.05, 4.69) is 27.5 Å². The first-order chi connectivity index (χ1) is 16.5. The van der Waals surface area contributed by atoms with Crippen LogP contribution in [0.15, 0.2) is 36.7 Å². The number of halogens is 1. The fourth-order valence-electron chi connectivity index (χ4n) is 4.01. The highest BCUT2D eigenvalue weighted by molar-refractivity contribution is 7.11. The molecule has 0 radical (unpaired) electrons. The maximum Gasteiger partial charge on any atom is 0.163 e. The van der Waals surface area contributed by atoms with Crippen LogP contribution >= 0.6 is 22.9 Å². The van der Waals surface area contributed by atoms with E-state index in [1.54, 1.807) is 18.4 Å². The molecule has 34 heavy (non-hydrogen) atoms. The maximum absolute atomic E-state index is 6.28. The zero-order valence-electron chi connectivity index (χ0n) is 19.3. The fourth-order valence-corrected chi connectivity index (χ4v) is 5.15. The molecule has 0 saturated carbocycles. The first-order valence-electron chi connectivity index (χ1n) is 11.2. The molecule has 2 aromatic heterocycles. The molecule has 7 nitrogen and oxygen atoms in total. The zero-order valence-corrected chi connectivity index (χ0v) is 20.9. The Hall–Kier alpha value is -2.94. The molecule has 1 aliphatic rings. The Balaban J connectivity index is 1.38. The number of ether oxygens (including phenoxy) is 2. The van der Waals surface area contributed by atoms with Crippen LogP contribution in [0.25, 0.3) is 10.9 Å². The van der Waals surface area contributed by atoms with E-state index in [-0.39, 0.29) is 0 Å². The van der Waals surface area contributed by atoms with E-state index < -0.39 is 0 Å². The third-order valence-corrected chi connectivity index (χ3v) is 7.49. The van der Waals surface area contributed by atoms with Gasteiger partial charge in [-0.25, -0.2) is 15.0 Å². The van der Waals surface area contributed by atoms with Crippen LogP contribution in [0.3, 0.4) is 0 Å². The van der Waals surface area contributed by atoms with Gasteiger partial charge in [-0.1, -0.05) is 24.6 Å². The summed E-state index contributed by atoms with van der Waals surface area (Å²) >= 11 is 7.99. The van der Waals surface area contributed by atoms with Crippen LogP contribution in [-0.4, -0.2) is 28.1 Å². The van der Waals surface area contributed by atoms with Crippen LogP contribution in [0.2, 0.25) is 5.02 Å². The van der Waals surface area contributed by atoms with Crippen molar-refractivity contribution in [3.05, 3.63) is 62.8 Å². The van der Waals surface area contributed by atoms with Crippen LogP contribution in [0.5, 0.6) is 11.5 Å². The molecule has 2 aromatic carbocycles. The quantitative estimate of drug-likeness (QED) is 0.335. The van der Waals surface area contributed by atoms with Crippen LogP contribution in [0.4, 0.5) is 11.5 Å². The fraction of sp³-hybridized carbons (Fsp3) is 0.320. The second-order valence-electron chi connectivity index (χ2n) is 8.29. The minimum Gasteiger partial charge on any atom is -0.493 e. The molecule has 0 spiro atoms. The van der Waals surface area contributed by atoms with Gasteiger partial charge in [0, 0.05) is 46.0 Å². The highest BCUT2D eigenvalue weighted by Crippen LogP contribution is 2.36. The zero-order chi connectivity index (χ0) is 23.7. The highest BCUT2D eigenvalue weighted by atomic mass is 35.5. The Kier molecular flexibility index (Phi) is 6.54.